The molecule has 0 spiro atoms. The second-order valence-corrected chi connectivity index (χ2v) is 6.96. The first-order valence-electron chi connectivity index (χ1n) is 7.02. The molecule has 0 amide bonds. The van der Waals surface area contributed by atoms with Gasteiger partial charge in [0.15, 0.2) is 0 Å². The van der Waals surface area contributed by atoms with Crippen LogP contribution in [0.15, 0.2) is 35.1 Å². The molecule has 1 aromatic heterocycles. The van der Waals surface area contributed by atoms with Crippen molar-refractivity contribution in [1.29, 1.82) is 0 Å². The molecule has 22 heavy (non-hydrogen) atoms. The van der Waals surface area contributed by atoms with Gasteiger partial charge >= 0.3 is 5.97 Å². The molecule has 0 aliphatic carbocycles. The maximum absolute atomic E-state index is 12.3. The summed E-state index contributed by atoms with van der Waals surface area (Å²) in [5.41, 5.74) is 0.940. The molecule has 1 atom stereocenters. The molecule has 5 nitrogen and oxygen atoms in total. The van der Waals surface area contributed by atoms with Crippen molar-refractivity contribution in [2.45, 2.75) is 32.0 Å². The van der Waals surface area contributed by atoms with Crippen LogP contribution in [0.5, 0.6) is 5.75 Å². The zero-order valence-corrected chi connectivity index (χ0v) is 14.3. The molecule has 0 bridgehead atoms. The summed E-state index contributed by atoms with van der Waals surface area (Å²) < 4.78 is 14.2. The van der Waals surface area contributed by atoms with Crippen LogP contribution < -0.4 is 4.74 Å². The highest BCUT2D eigenvalue weighted by Crippen LogP contribution is 2.42. The fourth-order valence-electron chi connectivity index (χ4n) is 2.59. The van der Waals surface area contributed by atoms with Crippen LogP contribution in [0, 0.1) is 0 Å². The van der Waals surface area contributed by atoms with Crippen LogP contribution in [0.2, 0.25) is 0 Å². The van der Waals surface area contributed by atoms with Crippen LogP contribution in [0.3, 0.4) is 0 Å². The van der Waals surface area contributed by atoms with E-state index in [1.54, 1.807) is 17.9 Å². The number of ether oxygens (including phenoxy) is 2. The van der Waals surface area contributed by atoms with Gasteiger partial charge < -0.3 is 9.47 Å². The van der Waals surface area contributed by atoms with Gasteiger partial charge in [-0.05, 0) is 32.0 Å². The molecule has 3 rings (SSSR count). The summed E-state index contributed by atoms with van der Waals surface area (Å²) >= 11 is 3.45. The van der Waals surface area contributed by atoms with E-state index >= 15 is 0 Å². The molecule has 2 aromatic rings. The third-order valence-electron chi connectivity index (χ3n) is 3.57. The molecular weight excluding hydrogens is 348 g/mol. The zero-order valence-electron chi connectivity index (χ0n) is 12.7. The molecule has 1 unspecified atom stereocenters. The van der Waals surface area contributed by atoms with Gasteiger partial charge in [0, 0.05) is 29.7 Å². The Hall–Kier alpha value is -1.82. The lowest BCUT2D eigenvalue weighted by molar-refractivity contribution is -0.0161. The molecule has 2 heterocycles. The number of benzene rings is 1. The zero-order chi connectivity index (χ0) is 15.9. The van der Waals surface area contributed by atoms with Crippen molar-refractivity contribution < 1.29 is 14.3 Å². The summed E-state index contributed by atoms with van der Waals surface area (Å²) in [6.45, 7) is 3.98. The Morgan fingerprint density at radius 2 is 2.27 bits per heavy atom. The lowest BCUT2D eigenvalue weighted by Gasteiger charge is -2.37. The minimum atomic E-state index is -0.388. The summed E-state index contributed by atoms with van der Waals surface area (Å²) in [6, 6.07) is 5.75. The van der Waals surface area contributed by atoms with E-state index in [9.17, 15) is 4.79 Å². The molecule has 6 heteroatoms. The van der Waals surface area contributed by atoms with Crippen molar-refractivity contribution in [1.82, 2.24) is 9.78 Å². The van der Waals surface area contributed by atoms with E-state index in [1.807, 2.05) is 32.0 Å². The van der Waals surface area contributed by atoms with Crippen molar-refractivity contribution in [3.63, 3.8) is 0 Å². The van der Waals surface area contributed by atoms with Crippen LogP contribution in [-0.4, -0.2) is 21.4 Å². The van der Waals surface area contributed by atoms with Crippen LogP contribution in [0.4, 0.5) is 0 Å². The number of aryl methyl sites for hydroxylation is 1. The first-order valence-corrected chi connectivity index (χ1v) is 7.81. The van der Waals surface area contributed by atoms with Crippen LogP contribution in [0.25, 0.3) is 0 Å². The van der Waals surface area contributed by atoms with Gasteiger partial charge in [-0.15, -0.1) is 0 Å². The summed E-state index contributed by atoms with van der Waals surface area (Å²) in [5, 5.41) is 4.00. The van der Waals surface area contributed by atoms with Crippen LogP contribution >= 0.6 is 15.9 Å². The van der Waals surface area contributed by atoms with Crippen molar-refractivity contribution in [3.05, 3.63) is 46.2 Å². The maximum Gasteiger partial charge on any atom is 0.341 e. The van der Waals surface area contributed by atoms with Crippen LogP contribution in [-0.2, 0) is 11.8 Å². The Morgan fingerprint density at radius 1 is 1.50 bits per heavy atom. The highest BCUT2D eigenvalue weighted by Gasteiger charge is 2.36. The summed E-state index contributed by atoms with van der Waals surface area (Å²) in [5.74, 6) is 0.380. The predicted octanol–water partition coefficient (Wildman–Crippen LogP) is 3.64. The number of carbonyl (C=O) groups is 1. The lowest BCUT2D eigenvalue weighted by atomic mass is 9.91. The largest absolute Gasteiger partial charge is 0.487 e. The summed E-state index contributed by atoms with van der Waals surface area (Å²) in [4.78, 5) is 12.3. The Kier molecular flexibility index (Phi) is 3.72. The van der Waals surface area contributed by atoms with E-state index < -0.39 is 0 Å². The topological polar surface area (TPSA) is 53.4 Å². The van der Waals surface area contributed by atoms with Gasteiger partial charge in [0.2, 0.25) is 0 Å². The number of hydrogen-bond acceptors (Lipinski definition) is 4. The lowest BCUT2D eigenvalue weighted by Crippen LogP contribution is -2.36. The monoisotopic (exact) mass is 364 g/mol. The Bertz CT molecular complexity index is 724. The SMILES string of the molecule is Cn1cc(C(=O)OC2CC(C)(C)Oc3ccc(Br)cc32)cn1. The third-order valence-corrected chi connectivity index (χ3v) is 4.07. The normalized spacial score (nSPS) is 19.2. The molecule has 0 saturated carbocycles. The second kappa shape index (κ2) is 5.43. The van der Waals surface area contributed by atoms with E-state index in [-0.39, 0.29) is 17.7 Å². The maximum atomic E-state index is 12.3. The first-order chi connectivity index (χ1) is 10.3. The van der Waals surface area contributed by atoms with Crippen molar-refractivity contribution in [2.75, 3.05) is 0 Å². The number of nitrogens with zero attached hydrogens (tertiary/aromatic N) is 2. The van der Waals surface area contributed by atoms with E-state index in [0.29, 0.717) is 12.0 Å². The van der Waals surface area contributed by atoms with Gasteiger partial charge in [-0.25, -0.2) is 4.79 Å². The van der Waals surface area contributed by atoms with Crippen molar-refractivity contribution in [2.24, 2.45) is 7.05 Å². The van der Waals surface area contributed by atoms with E-state index in [0.717, 1.165) is 15.8 Å². The van der Waals surface area contributed by atoms with Gasteiger partial charge in [-0.3, -0.25) is 4.68 Å². The van der Waals surface area contributed by atoms with Gasteiger partial charge in [0.1, 0.15) is 17.5 Å². The number of esters is 1. The minimum Gasteiger partial charge on any atom is -0.487 e. The summed E-state index contributed by atoms with van der Waals surface area (Å²) in [7, 11) is 1.76. The average Bonchev–Trinajstić information content (AvgIpc) is 2.85. The molecule has 116 valence electrons. The molecule has 0 radical (unpaired) electrons. The number of hydrogen-bond donors (Lipinski definition) is 0. The van der Waals surface area contributed by atoms with Gasteiger partial charge in [-0.1, -0.05) is 15.9 Å². The average molecular weight is 365 g/mol. The number of halogens is 1. The number of rotatable bonds is 2. The molecule has 1 aliphatic heterocycles. The Morgan fingerprint density at radius 3 is 2.95 bits per heavy atom. The quantitative estimate of drug-likeness (QED) is 0.763. The highest BCUT2D eigenvalue weighted by molar-refractivity contribution is 9.10. The number of aromatic nitrogens is 2. The number of fused-ring (bicyclic) bond motifs is 1. The molecule has 1 aromatic carbocycles. The van der Waals surface area contributed by atoms with E-state index in [4.69, 9.17) is 9.47 Å². The number of carbonyl (C=O) groups excluding carboxylic acids is 1. The molecule has 0 fully saturated rings. The molecule has 0 saturated heterocycles. The Balaban J connectivity index is 1.90. The van der Waals surface area contributed by atoms with Gasteiger partial charge in [0.25, 0.3) is 0 Å². The van der Waals surface area contributed by atoms with Crippen LogP contribution in [0.1, 0.15) is 42.3 Å². The fraction of sp³-hybridized carbons (Fsp3) is 0.375. The van der Waals surface area contributed by atoms with E-state index in [2.05, 4.69) is 21.0 Å². The van der Waals surface area contributed by atoms with E-state index in [1.165, 1.54) is 6.20 Å². The van der Waals surface area contributed by atoms with Crippen molar-refractivity contribution in [3.8, 4) is 5.75 Å². The molecule has 0 N–H and O–H groups in total. The standard InChI is InChI=1S/C16H17BrN2O3/c1-16(2)7-14(12-6-11(17)4-5-13(12)22-16)21-15(20)10-8-18-19(3)9-10/h4-6,8-9,14H,7H2,1-3H3. The second-order valence-electron chi connectivity index (χ2n) is 6.04. The molecular formula is C16H17BrN2O3. The summed E-state index contributed by atoms with van der Waals surface area (Å²) in [6.07, 6.45) is 3.41. The highest BCUT2D eigenvalue weighted by atomic mass is 79.9. The minimum absolute atomic E-state index is 0.344. The predicted molar refractivity (Wildman–Crippen MR) is 84.8 cm³/mol. The smallest absolute Gasteiger partial charge is 0.341 e. The third kappa shape index (κ3) is 3.02. The van der Waals surface area contributed by atoms with Gasteiger partial charge in [0.05, 0.1) is 11.8 Å². The Labute approximate surface area is 137 Å². The fourth-order valence-corrected chi connectivity index (χ4v) is 2.97. The van der Waals surface area contributed by atoms with Gasteiger partial charge in [-0.2, -0.15) is 5.10 Å². The molecule has 1 aliphatic rings. The first kappa shape index (κ1) is 15.1. The van der Waals surface area contributed by atoms with Crippen molar-refractivity contribution >= 4 is 21.9 Å².